The number of carbonyl (C=O) groups is 1. The van der Waals surface area contributed by atoms with Gasteiger partial charge in [0.05, 0.1) is 15.5 Å². The molecule has 0 atom stereocenters. The maximum atomic E-state index is 12.1. The zero-order valence-corrected chi connectivity index (χ0v) is 13.8. The molecular weight excluding hydrogens is 342 g/mol. The first kappa shape index (κ1) is 15.5. The van der Waals surface area contributed by atoms with E-state index in [0.29, 0.717) is 33.9 Å². The second-order valence-electron chi connectivity index (χ2n) is 5.32. The number of rotatable bonds is 3. The van der Waals surface area contributed by atoms with Crippen LogP contribution in [0.1, 0.15) is 16.1 Å². The number of ether oxygens (including phenoxy) is 2. The molecule has 25 heavy (non-hydrogen) atoms. The van der Waals surface area contributed by atoms with Gasteiger partial charge in [-0.2, -0.15) is 0 Å². The summed E-state index contributed by atoms with van der Waals surface area (Å²) >= 11 is 1.20. The molecule has 0 saturated carbocycles. The van der Waals surface area contributed by atoms with E-state index in [2.05, 4.69) is 4.98 Å². The fraction of sp³-hybridized carbons (Fsp3) is 0.111. The average molecular weight is 355 g/mol. The normalized spacial score (nSPS) is 14.7. The predicted octanol–water partition coefficient (Wildman–Crippen LogP) is 1.29. The molecule has 2 aromatic heterocycles. The minimum absolute atomic E-state index is 0.228. The lowest BCUT2D eigenvalue weighted by Gasteiger charge is -2.18. The Labute approximate surface area is 145 Å². The van der Waals surface area contributed by atoms with Crippen molar-refractivity contribution in [2.75, 3.05) is 13.2 Å². The van der Waals surface area contributed by atoms with Crippen LogP contribution in [0.15, 0.2) is 45.8 Å². The van der Waals surface area contributed by atoms with Gasteiger partial charge >= 0.3 is 0 Å². The molecular formula is C18H13NO5S. The molecule has 4 rings (SSSR count). The van der Waals surface area contributed by atoms with Crippen LogP contribution in [0.4, 0.5) is 0 Å². The molecule has 1 aliphatic heterocycles. The molecule has 0 radical (unpaired) electrons. The Morgan fingerprint density at radius 1 is 1.16 bits per heavy atom. The van der Waals surface area contributed by atoms with Crippen molar-refractivity contribution < 1.29 is 18.7 Å². The lowest BCUT2D eigenvalue weighted by atomic mass is 10.2. The molecule has 1 N–H and O–H groups in total. The molecule has 0 saturated heterocycles. The van der Waals surface area contributed by atoms with Crippen LogP contribution >= 0.6 is 11.3 Å². The fourth-order valence-electron chi connectivity index (χ4n) is 2.43. The highest BCUT2D eigenvalue weighted by Gasteiger charge is 2.11. The average Bonchev–Trinajstić information content (AvgIpc) is 3.25. The maximum absolute atomic E-state index is 12.1. The van der Waals surface area contributed by atoms with Gasteiger partial charge in [0.1, 0.15) is 13.2 Å². The molecule has 6 nitrogen and oxygen atoms in total. The minimum Gasteiger partial charge on any atom is -0.486 e. The molecule has 0 unspecified atom stereocenters. The third-order valence-electron chi connectivity index (χ3n) is 3.57. The van der Waals surface area contributed by atoms with Gasteiger partial charge in [-0.1, -0.05) is 6.07 Å². The zero-order valence-electron chi connectivity index (χ0n) is 13.0. The number of benzene rings is 1. The van der Waals surface area contributed by atoms with Crippen LogP contribution < -0.4 is 24.2 Å². The van der Waals surface area contributed by atoms with Gasteiger partial charge in [0.25, 0.3) is 5.56 Å². The number of carbonyl (C=O) groups excluding carboxylic acids is 1. The molecule has 1 aromatic carbocycles. The van der Waals surface area contributed by atoms with E-state index in [1.54, 1.807) is 18.2 Å². The summed E-state index contributed by atoms with van der Waals surface area (Å²) in [6.45, 7) is 1.04. The van der Waals surface area contributed by atoms with Crippen LogP contribution in [0.25, 0.3) is 12.2 Å². The van der Waals surface area contributed by atoms with E-state index in [9.17, 15) is 9.59 Å². The maximum Gasteiger partial charge on any atom is 0.266 e. The first-order valence-corrected chi connectivity index (χ1v) is 8.41. The van der Waals surface area contributed by atoms with Gasteiger partial charge in [0.2, 0.25) is 5.78 Å². The molecule has 0 spiro atoms. The van der Waals surface area contributed by atoms with Crippen LogP contribution in [0, 0.1) is 0 Å². The van der Waals surface area contributed by atoms with Crippen LogP contribution in [-0.2, 0) is 0 Å². The van der Waals surface area contributed by atoms with Crippen molar-refractivity contribution in [3.8, 4) is 11.5 Å². The van der Waals surface area contributed by atoms with Gasteiger partial charge in [-0.05, 0) is 35.9 Å². The summed E-state index contributed by atoms with van der Waals surface area (Å²) in [5.41, 5.74) is 0.568. The van der Waals surface area contributed by atoms with Crippen molar-refractivity contribution in [2.45, 2.75) is 0 Å². The van der Waals surface area contributed by atoms with E-state index in [-0.39, 0.29) is 17.1 Å². The summed E-state index contributed by atoms with van der Waals surface area (Å²) in [5, 5.41) is 0. The number of ketones is 1. The smallest absolute Gasteiger partial charge is 0.266 e. The summed E-state index contributed by atoms with van der Waals surface area (Å²) in [6, 6.07) is 8.71. The summed E-state index contributed by atoms with van der Waals surface area (Å²) in [4.78, 5) is 26.8. The summed E-state index contributed by atoms with van der Waals surface area (Å²) in [6.07, 6.45) is 4.53. The van der Waals surface area contributed by atoms with E-state index in [0.717, 1.165) is 5.56 Å². The van der Waals surface area contributed by atoms with Crippen molar-refractivity contribution in [3.05, 3.63) is 67.5 Å². The molecule has 3 aromatic rings. The Balaban J connectivity index is 1.70. The van der Waals surface area contributed by atoms with Gasteiger partial charge in [-0.15, -0.1) is 11.3 Å². The summed E-state index contributed by atoms with van der Waals surface area (Å²) < 4.78 is 17.0. The van der Waals surface area contributed by atoms with Crippen molar-refractivity contribution in [1.82, 2.24) is 4.98 Å². The Morgan fingerprint density at radius 3 is 2.80 bits per heavy atom. The molecule has 0 bridgehead atoms. The molecule has 126 valence electrons. The standard InChI is InChI=1S/C18H13NO5S/c20-12(13-2-1-5-22-13)10-17-19-18(21)16(25-17)9-11-3-4-14-15(8-11)24-7-6-23-14/h1-5,8-10H,6-7H2,(H,19,21). The van der Waals surface area contributed by atoms with E-state index in [4.69, 9.17) is 13.9 Å². The lowest BCUT2D eigenvalue weighted by molar-refractivity contribution is 0.103. The molecule has 0 aliphatic carbocycles. The number of hydrogen-bond donors (Lipinski definition) is 1. The Hall–Kier alpha value is -3.06. The Morgan fingerprint density at radius 2 is 2.00 bits per heavy atom. The number of hydrogen-bond acceptors (Lipinski definition) is 6. The highest BCUT2D eigenvalue weighted by molar-refractivity contribution is 7.07. The van der Waals surface area contributed by atoms with E-state index < -0.39 is 0 Å². The Bertz CT molecular complexity index is 1090. The number of furan rings is 1. The predicted molar refractivity (Wildman–Crippen MR) is 92.7 cm³/mol. The van der Waals surface area contributed by atoms with Gasteiger partial charge in [-0.25, -0.2) is 0 Å². The molecule has 0 amide bonds. The first-order valence-electron chi connectivity index (χ1n) is 7.59. The highest BCUT2D eigenvalue weighted by Crippen LogP contribution is 2.30. The summed E-state index contributed by atoms with van der Waals surface area (Å²) in [5.74, 6) is 1.29. The van der Waals surface area contributed by atoms with Crippen molar-refractivity contribution in [3.63, 3.8) is 0 Å². The number of nitrogens with one attached hydrogen (secondary N) is 1. The number of aromatic nitrogens is 1. The molecule has 3 heterocycles. The van der Waals surface area contributed by atoms with E-state index in [1.165, 1.54) is 23.7 Å². The van der Waals surface area contributed by atoms with Gasteiger partial charge < -0.3 is 18.9 Å². The van der Waals surface area contributed by atoms with Gasteiger partial charge in [0, 0.05) is 6.08 Å². The monoisotopic (exact) mass is 355 g/mol. The second kappa shape index (κ2) is 6.45. The molecule has 1 aliphatic rings. The van der Waals surface area contributed by atoms with Crippen LogP contribution in [0.2, 0.25) is 0 Å². The third kappa shape index (κ3) is 3.27. The highest BCUT2D eigenvalue weighted by atomic mass is 32.1. The van der Waals surface area contributed by atoms with Crippen LogP contribution in [-0.4, -0.2) is 24.0 Å². The lowest BCUT2D eigenvalue weighted by Crippen LogP contribution is -2.20. The second-order valence-corrected chi connectivity index (χ2v) is 6.40. The summed E-state index contributed by atoms with van der Waals surface area (Å²) in [7, 11) is 0. The fourth-order valence-corrected chi connectivity index (χ4v) is 3.32. The number of Topliss-reactive ketones (excluding diaryl/α,β-unsaturated/α-hetero) is 1. The van der Waals surface area contributed by atoms with E-state index in [1.807, 2.05) is 18.2 Å². The number of fused-ring (bicyclic) bond motifs is 1. The largest absolute Gasteiger partial charge is 0.486 e. The van der Waals surface area contributed by atoms with Crippen molar-refractivity contribution in [2.24, 2.45) is 0 Å². The quantitative estimate of drug-likeness (QED) is 0.716. The number of thiazole rings is 1. The molecule has 7 heteroatoms. The van der Waals surface area contributed by atoms with Crippen LogP contribution in [0.5, 0.6) is 11.5 Å². The first-order chi connectivity index (χ1) is 12.2. The Kier molecular flexibility index (Phi) is 3.99. The SMILES string of the molecule is O=C(C=c1[nH]c(=O)c(=Cc2ccc3c(c2)OCCO3)s1)c1ccco1. The van der Waals surface area contributed by atoms with E-state index >= 15 is 0 Å². The van der Waals surface area contributed by atoms with Gasteiger partial charge in [-0.3, -0.25) is 9.59 Å². The number of aromatic amines is 1. The molecule has 0 fully saturated rings. The van der Waals surface area contributed by atoms with Crippen LogP contribution in [0.3, 0.4) is 0 Å². The van der Waals surface area contributed by atoms with Crippen molar-refractivity contribution >= 4 is 29.3 Å². The number of H-pyrrole nitrogens is 1. The minimum atomic E-state index is -0.298. The topological polar surface area (TPSA) is 81.5 Å². The van der Waals surface area contributed by atoms with Gasteiger partial charge in [0.15, 0.2) is 17.3 Å². The third-order valence-corrected chi connectivity index (χ3v) is 4.53. The van der Waals surface area contributed by atoms with Crippen molar-refractivity contribution in [1.29, 1.82) is 0 Å². The zero-order chi connectivity index (χ0) is 17.2.